The number of nitrogens with two attached hydrogens (primary N) is 1. The van der Waals surface area contributed by atoms with Gasteiger partial charge in [-0.05, 0) is 18.6 Å². The minimum absolute atomic E-state index is 0.153. The van der Waals surface area contributed by atoms with Crippen molar-refractivity contribution < 1.29 is 19.6 Å². The van der Waals surface area contributed by atoms with Crippen LogP contribution in [-0.2, 0) is 11.3 Å². The highest BCUT2D eigenvalue weighted by atomic mass is 35.5. The number of hydrogen-bond acceptors (Lipinski definition) is 4. The number of rotatable bonds is 6. The van der Waals surface area contributed by atoms with E-state index >= 15 is 0 Å². The van der Waals surface area contributed by atoms with Crippen LogP contribution in [0, 0.1) is 6.92 Å². The first-order valence-corrected chi connectivity index (χ1v) is 7.16. The quantitative estimate of drug-likeness (QED) is 0.636. The molecule has 5 nitrogen and oxygen atoms in total. The zero-order chi connectivity index (χ0) is 15.4. The molecule has 1 heterocycles. The molecule has 1 aromatic carbocycles. The molecule has 2 rings (SSSR count). The van der Waals surface area contributed by atoms with Crippen molar-refractivity contribution in [1.29, 1.82) is 0 Å². The van der Waals surface area contributed by atoms with E-state index in [1.807, 2.05) is 5.32 Å². The Morgan fingerprint density at radius 2 is 2.19 bits per heavy atom. The molecule has 114 valence electrons. The van der Waals surface area contributed by atoms with Crippen molar-refractivity contribution in [3.05, 3.63) is 38.7 Å². The Bertz CT molecular complexity index is 696. The number of hydrogen-bond donors (Lipinski definition) is 1. The average molecular weight is 312 g/mol. The highest BCUT2D eigenvalue weighted by Gasteiger charge is 2.12. The summed E-state index contributed by atoms with van der Waals surface area (Å²) in [6.45, 7) is 3.71. The summed E-state index contributed by atoms with van der Waals surface area (Å²) in [5.74, 6) is -0.277. The lowest BCUT2D eigenvalue weighted by Gasteiger charge is -2.17. The molecule has 1 aromatic heterocycles. The number of halogens is 1. The third-order valence-corrected chi connectivity index (χ3v) is 3.63. The van der Waals surface area contributed by atoms with Crippen molar-refractivity contribution in [2.75, 3.05) is 20.3 Å². The maximum atomic E-state index is 12.2. The summed E-state index contributed by atoms with van der Waals surface area (Å²) in [5.41, 5.74) is 1.08. The van der Waals surface area contributed by atoms with E-state index < -0.39 is 5.63 Å². The van der Waals surface area contributed by atoms with Crippen LogP contribution in [0.15, 0.2) is 21.3 Å². The van der Waals surface area contributed by atoms with E-state index in [0.717, 1.165) is 18.5 Å². The second-order valence-corrected chi connectivity index (χ2v) is 5.33. The second-order valence-electron chi connectivity index (χ2n) is 4.92. The van der Waals surface area contributed by atoms with Crippen molar-refractivity contribution in [1.82, 2.24) is 0 Å². The van der Waals surface area contributed by atoms with Gasteiger partial charge in [0.2, 0.25) is 0 Å². The predicted molar refractivity (Wildman–Crippen MR) is 78.7 cm³/mol. The Morgan fingerprint density at radius 1 is 1.43 bits per heavy atom. The minimum Gasteiger partial charge on any atom is -0.871 e. The number of fused-ring (bicyclic) bond motifs is 1. The van der Waals surface area contributed by atoms with Crippen molar-refractivity contribution in [3.63, 3.8) is 0 Å². The van der Waals surface area contributed by atoms with Crippen molar-refractivity contribution >= 4 is 22.6 Å². The Morgan fingerprint density at radius 3 is 2.90 bits per heavy atom. The third-order valence-electron chi connectivity index (χ3n) is 3.35. The molecule has 0 saturated heterocycles. The largest absolute Gasteiger partial charge is 0.871 e. The number of ether oxygens (including phenoxy) is 1. The van der Waals surface area contributed by atoms with Crippen LogP contribution in [0.2, 0.25) is 5.02 Å². The lowest BCUT2D eigenvalue weighted by molar-refractivity contribution is -0.671. The molecule has 0 amide bonds. The van der Waals surface area contributed by atoms with Crippen LogP contribution in [0.3, 0.4) is 0 Å². The van der Waals surface area contributed by atoms with Crippen LogP contribution >= 0.6 is 11.6 Å². The summed E-state index contributed by atoms with van der Waals surface area (Å²) in [6.07, 6.45) is 0.881. The Balaban J connectivity index is 2.36. The van der Waals surface area contributed by atoms with E-state index in [1.54, 1.807) is 20.1 Å². The maximum absolute atomic E-state index is 12.2. The first-order valence-electron chi connectivity index (χ1n) is 6.78. The van der Waals surface area contributed by atoms with Gasteiger partial charge in [-0.25, -0.2) is 4.79 Å². The molecule has 0 unspecified atom stereocenters. The van der Waals surface area contributed by atoms with Gasteiger partial charge in [0.15, 0.2) is 0 Å². The van der Waals surface area contributed by atoms with Crippen LogP contribution in [0.25, 0.3) is 11.0 Å². The van der Waals surface area contributed by atoms with Gasteiger partial charge < -0.3 is 19.6 Å². The van der Waals surface area contributed by atoms with Gasteiger partial charge in [-0.1, -0.05) is 17.4 Å². The molecule has 0 radical (unpaired) electrons. The van der Waals surface area contributed by atoms with Gasteiger partial charge in [-0.2, -0.15) is 0 Å². The maximum Gasteiger partial charge on any atom is 0.336 e. The van der Waals surface area contributed by atoms with Crippen molar-refractivity contribution in [2.24, 2.45) is 0 Å². The number of benzene rings is 1. The van der Waals surface area contributed by atoms with Gasteiger partial charge in [0.25, 0.3) is 0 Å². The number of quaternary nitrogens is 1. The van der Waals surface area contributed by atoms with Crippen molar-refractivity contribution in [3.8, 4) is 5.75 Å². The molecule has 2 aromatic rings. The molecule has 0 atom stereocenters. The molecular weight excluding hydrogens is 294 g/mol. The summed E-state index contributed by atoms with van der Waals surface area (Å²) in [5, 5.41) is 15.0. The van der Waals surface area contributed by atoms with Crippen LogP contribution in [0.1, 0.15) is 17.5 Å². The molecule has 0 aliphatic heterocycles. The Hall–Kier alpha value is -1.56. The Labute approximate surface area is 127 Å². The van der Waals surface area contributed by atoms with Crippen LogP contribution in [0.5, 0.6) is 5.75 Å². The molecule has 6 heteroatoms. The zero-order valence-corrected chi connectivity index (χ0v) is 12.8. The monoisotopic (exact) mass is 311 g/mol. The van der Waals surface area contributed by atoms with E-state index in [4.69, 9.17) is 20.8 Å². The summed E-state index contributed by atoms with van der Waals surface area (Å²) in [7, 11) is 1.65. The van der Waals surface area contributed by atoms with E-state index in [0.29, 0.717) is 29.7 Å². The number of methoxy groups -OCH3 is 1. The van der Waals surface area contributed by atoms with E-state index in [9.17, 15) is 9.90 Å². The SMILES string of the molecule is COCCC[NH2+]Cc1c([O-])c(Cl)cc2c(C)cc(=O)oc12. The molecular formula is C15H18ClNO4. The van der Waals surface area contributed by atoms with E-state index in [2.05, 4.69) is 0 Å². The highest BCUT2D eigenvalue weighted by Crippen LogP contribution is 2.32. The molecule has 0 spiro atoms. The van der Waals surface area contributed by atoms with Crippen LogP contribution < -0.4 is 16.0 Å². The summed E-state index contributed by atoms with van der Waals surface area (Å²) in [4.78, 5) is 11.5. The van der Waals surface area contributed by atoms with Crippen LogP contribution in [-0.4, -0.2) is 20.3 Å². The van der Waals surface area contributed by atoms with Crippen molar-refractivity contribution in [2.45, 2.75) is 19.9 Å². The predicted octanol–water partition coefficient (Wildman–Crippen LogP) is 0.928. The molecule has 0 bridgehead atoms. The third kappa shape index (κ3) is 3.56. The second kappa shape index (κ2) is 6.93. The van der Waals surface area contributed by atoms with E-state index in [1.165, 1.54) is 6.07 Å². The molecule has 2 N–H and O–H groups in total. The minimum atomic E-state index is -0.456. The van der Waals surface area contributed by atoms with Gasteiger partial charge in [0.05, 0.1) is 13.2 Å². The standard InChI is InChI=1S/C15H18ClNO4/c1-9-6-13(18)21-15-10(9)7-12(16)14(19)11(15)8-17-4-3-5-20-2/h6-7,17,19H,3-5,8H2,1-2H3. The summed E-state index contributed by atoms with van der Waals surface area (Å²) in [6, 6.07) is 2.96. The summed E-state index contributed by atoms with van der Waals surface area (Å²) < 4.78 is 10.2. The zero-order valence-electron chi connectivity index (χ0n) is 12.1. The molecule has 0 saturated carbocycles. The fourth-order valence-electron chi connectivity index (χ4n) is 2.27. The molecule has 0 fully saturated rings. The highest BCUT2D eigenvalue weighted by molar-refractivity contribution is 6.33. The van der Waals surface area contributed by atoms with Crippen LogP contribution in [0.4, 0.5) is 0 Å². The van der Waals surface area contributed by atoms with Gasteiger partial charge in [-0.15, -0.1) is 0 Å². The molecule has 0 aliphatic rings. The van der Waals surface area contributed by atoms with Gasteiger partial charge in [0.1, 0.15) is 12.1 Å². The summed E-state index contributed by atoms with van der Waals surface area (Å²) >= 11 is 6.00. The van der Waals surface area contributed by atoms with Gasteiger partial charge in [0, 0.05) is 35.6 Å². The van der Waals surface area contributed by atoms with Gasteiger partial charge >= 0.3 is 5.63 Å². The molecule has 21 heavy (non-hydrogen) atoms. The lowest BCUT2D eigenvalue weighted by Crippen LogP contribution is -2.82. The molecule has 0 aliphatic carbocycles. The Kier molecular flexibility index (Phi) is 5.22. The topological polar surface area (TPSA) is 79.1 Å². The fourth-order valence-corrected chi connectivity index (χ4v) is 2.49. The normalized spacial score (nSPS) is 11.2. The lowest BCUT2D eigenvalue weighted by atomic mass is 10.1. The fraction of sp³-hybridized carbons (Fsp3) is 0.400. The first-order chi connectivity index (χ1) is 10.0. The van der Waals surface area contributed by atoms with E-state index in [-0.39, 0.29) is 10.8 Å². The smallest absolute Gasteiger partial charge is 0.336 e. The number of aryl methyl sites for hydroxylation is 1. The first kappa shape index (κ1) is 15.8. The average Bonchev–Trinajstić information content (AvgIpc) is 2.43. The van der Waals surface area contributed by atoms with Gasteiger partial charge in [-0.3, -0.25) is 0 Å².